The van der Waals surface area contributed by atoms with Gasteiger partial charge in [0.1, 0.15) is 0 Å². The van der Waals surface area contributed by atoms with Gasteiger partial charge in [-0.25, -0.2) is 0 Å². The lowest BCUT2D eigenvalue weighted by molar-refractivity contribution is -0.117. The normalized spacial score (nSPS) is 20.4. The molecule has 1 heterocycles. The maximum Gasteiger partial charge on any atom is 0.231 e. The number of fused-ring (bicyclic) bond motifs is 1. The van der Waals surface area contributed by atoms with Gasteiger partial charge in [-0.1, -0.05) is 6.92 Å². The van der Waals surface area contributed by atoms with Crippen molar-refractivity contribution in [1.29, 1.82) is 0 Å². The minimum absolute atomic E-state index is 0.0993. The number of rotatable bonds is 2. The van der Waals surface area contributed by atoms with Crippen molar-refractivity contribution in [3.63, 3.8) is 0 Å². The average Bonchev–Trinajstić information content (AvgIpc) is 3.00. The molecule has 0 unspecified atom stereocenters. The van der Waals surface area contributed by atoms with Gasteiger partial charge in [0, 0.05) is 23.7 Å². The SMILES string of the molecule is CN1C(=O)Cc2cc(C(=O)C3(C)CC3)ccc21. The summed E-state index contributed by atoms with van der Waals surface area (Å²) in [5.41, 5.74) is 2.54. The zero-order valence-corrected chi connectivity index (χ0v) is 10.1. The number of carbonyl (C=O) groups excluding carboxylic acids is 2. The van der Waals surface area contributed by atoms with E-state index in [1.165, 1.54) is 0 Å². The smallest absolute Gasteiger partial charge is 0.231 e. The molecule has 88 valence electrons. The largest absolute Gasteiger partial charge is 0.315 e. The second-order valence-electron chi connectivity index (χ2n) is 5.36. The second kappa shape index (κ2) is 3.19. The van der Waals surface area contributed by atoms with Crippen molar-refractivity contribution in [1.82, 2.24) is 0 Å². The molecule has 1 aromatic rings. The molecular weight excluding hydrogens is 214 g/mol. The van der Waals surface area contributed by atoms with Crippen molar-refractivity contribution in [2.75, 3.05) is 11.9 Å². The molecule has 1 fully saturated rings. The van der Waals surface area contributed by atoms with Crippen LogP contribution in [0.15, 0.2) is 18.2 Å². The Bertz CT molecular complexity index is 529. The first-order chi connectivity index (χ1) is 8.01. The highest BCUT2D eigenvalue weighted by Crippen LogP contribution is 2.47. The van der Waals surface area contributed by atoms with Crippen LogP contribution in [0.2, 0.25) is 0 Å². The van der Waals surface area contributed by atoms with Crippen LogP contribution in [0.4, 0.5) is 5.69 Å². The van der Waals surface area contributed by atoms with Gasteiger partial charge in [-0.2, -0.15) is 0 Å². The number of carbonyl (C=O) groups is 2. The van der Waals surface area contributed by atoms with E-state index in [9.17, 15) is 9.59 Å². The molecule has 3 rings (SSSR count). The first kappa shape index (κ1) is 10.5. The van der Waals surface area contributed by atoms with E-state index < -0.39 is 0 Å². The molecule has 1 aromatic carbocycles. The Morgan fingerprint density at radius 2 is 2.06 bits per heavy atom. The molecule has 2 aliphatic rings. The van der Waals surface area contributed by atoms with Crippen molar-refractivity contribution in [2.24, 2.45) is 5.41 Å². The first-order valence-electron chi connectivity index (χ1n) is 5.95. The van der Waals surface area contributed by atoms with Crippen LogP contribution in [0.3, 0.4) is 0 Å². The number of amides is 1. The van der Waals surface area contributed by atoms with Crippen LogP contribution < -0.4 is 4.90 Å². The van der Waals surface area contributed by atoms with Crippen LogP contribution in [-0.4, -0.2) is 18.7 Å². The number of anilines is 1. The summed E-state index contributed by atoms with van der Waals surface area (Å²) in [6.07, 6.45) is 2.40. The Balaban J connectivity index is 1.98. The lowest BCUT2D eigenvalue weighted by Crippen LogP contribution is -2.20. The minimum Gasteiger partial charge on any atom is -0.315 e. The summed E-state index contributed by atoms with van der Waals surface area (Å²) < 4.78 is 0. The number of ketones is 1. The van der Waals surface area contributed by atoms with E-state index in [2.05, 4.69) is 0 Å². The Kier molecular flexibility index (Phi) is 1.97. The Labute approximate surface area is 100 Å². The maximum absolute atomic E-state index is 12.2. The highest BCUT2D eigenvalue weighted by Gasteiger charge is 2.45. The third-order valence-electron chi connectivity index (χ3n) is 3.97. The molecule has 0 bridgehead atoms. The molecule has 0 spiro atoms. The summed E-state index contributed by atoms with van der Waals surface area (Å²) in [4.78, 5) is 25.4. The summed E-state index contributed by atoms with van der Waals surface area (Å²) in [7, 11) is 1.78. The van der Waals surface area contributed by atoms with Gasteiger partial charge in [0.25, 0.3) is 0 Å². The van der Waals surface area contributed by atoms with Gasteiger partial charge in [0.2, 0.25) is 5.91 Å². The number of likely N-dealkylation sites (N-methyl/N-ethyl adjacent to an activating group) is 1. The monoisotopic (exact) mass is 229 g/mol. The van der Waals surface area contributed by atoms with Crippen LogP contribution in [-0.2, 0) is 11.2 Å². The standard InChI is InChI=1S/C14H15NO2/c1-14(5-6-14)13(17)9-3-4-11-10(7-9)8-12(16)15(11)2/h3-4,7H,5-6,8H2,1-2H3. The number of hydrogen-bond acceptors (Lipinski definition) is 2. The van der Waals surface area contributed by atoms with Crippen LogP contribution in [0, 0.1) is 5.41 Å². The fourth-order valence-electron chi connectivity index (χ4n) is 2.37. The number of hydrogen-bond donors (Lipinski definition) is 0. The predicted molar refractivity (Wildman–Crippen MR) is 65.2 cm³/mol. The summed E-state index contributed by atoms with van der Waals surface area (Å²) in [5, 5.41) is 0. The predicted octanol–water partition coefficient (Wildman–Crippen LogP) is 2.19. The number of benzene rings is 1. The third-order valence-corrected chi connectivity index (χ3v) is 3.97. The quantitative estimate of drug-likeness (QED) is 0.729. The van der Waals surface area contributed by atoms with E-state index in [4.69, 9.17) is 0 Å². The zero-order valence-electron chi connectivity index (χ0n) is 10.1. The van der Waals surface area contributed by atoms with E-state index in [0.29, 0.717) is 6.42 Å². The number of Topliss-reactive ketones (excluding diaryl/α,β-unsaturated/α-hetero) is 1. The van der Waals surface area contributed by atoms with E-state index in [0.717, 1.165) is 29.7 Å². The Morgan fingerprint density at radius 3 is 2.71 bits per heavy atom. The molecule has 0 radical (unpaired) electrons. The van der Waals surface area contributed by atoms with Crippen LogP contribution in [0.25, 0.3) is 0 Å². The second-order valence-corrected chi connectivity index (χ2v) is 5.36. The van der Waals surface area contributed by atoms with Crippen molar-refractivity contribution in [3.8, 4) is 0 Å². The maximum atomic E-state index is 12.2. The van der Waals surface area contributed by atoms with Gasteiger partial charge in [-0.05, 0) is 36.6 Å². The Hall–Kier alpha value is -1.64. The van der Waals surface area contributed by atoms with Crippen LogP contribution in [0.5, 0.6) is 0 Å². The van der Waals surface area contributed by atoms with Gasteiger partial charge in [0.05, 0.1) is 6.42 Å². The summed E-state index contributed by atoms with van der Waals surface area (Å²) in [6, 6.07) is 5.63. The molecule has 3 nitrogen and oxygen atoms in total. The van der Waals surface area contributed by atoms with Gasteiger partial charge < -0.3 is 4.90 Å². The average molecular weight is 229 g/mol. The van der Waals surface area contributed by atoms with Crippen molar-refractivity contribution >= 4 is 17.4 Å². The van der Waals surface area contributed by atoms with Gasteiger partial charge >= 0.3 is 0 Å². The fourth-order valence-corrected chi connectivity index (χ4v) is 2.37. The van der Waals surface area contributed by atoms with Crippen molar-refractivity contribution in [2.45, 2.75) is 26.2 Å². The molecule has 1 aliphatic carbocycles. The molecule has 3 heteroatoms. The highest BCUT2D eigenvalue weighted by atomic mass is 16.2. The topological polar surface area (TPSA) is 37.4 Å². The van der Waals surface area contributed by atoms with Gasteiger partial charge in [-0.15, -0.1) is 0 Å². The van der Waals surface area contributed by atoms with E-state index in [1.807, 2.05) is 25.1 Å². The van der Waals surface area contributed by atoms with Gasteiger partial charge in [0.15, 0.2) is 5.78 Å². The molecule has 1 amide bonds. The Morgan fingerprint density at radius 1 is 1.35 bits per heavy atom. The minimum atomic E-state index is -0.136. The highest BCUT2D eigenvalue weighted by molar-refractivity contribution is 6.05. The van der Waals surface area contributed by atoms with E-state index in [-0.39, 0.29) is 17.1 Å². The lowest BCUT2D eigenvalue weighted by atomic mass is 9.95. The van der Waals surface area contributed by atoms with Crippen LogP contribution >= 0.6 is 0 Å². The van der Waals surface area contributed by atoms with E-state index >= 15 is 0 Å². The molecule has 17 heavy (non-hydrogen) atoms. The van der Waals surface area contributed by atoms with Gasteiger partial charge in [-0.3, -0.25) is 9.59 Å². The van der Waals surface area contributed by atoms with E-state index in [1.54, 1.807) is 11.9 Å². The van der Waals surface area contributed by atoms with Crippen molar-refractivity contribution < 1.29 is 9.59 Å². The third kappa shape index (κ3) is 1.49. The fraction of sp³-hybridized carbons (Fsp3) is 0.429. The summed E-state index contributed by atoms with van der Waals surface area (Å²) in [6.45, 7) is 2.01. The van der Waals surface area contributed by atoms with Crippen molar-refractivity contribution in [3.05, 3.63) is 29.3 Å². The number of nitrogens with zero attached hydrogens (tertiary/aromatic N) is 1. The first-order valence-corrected chi connectivity index (χ1v) is 5.95. The van der Waals surface area contributed by atoms with Crippen LogP contribution in [0.1, 0.15) is 35.7 Å². The molecule has 0 saturated heterocycles. The lowest BCUT2D eigenvalue weighted by Gasteiger charge is -2.11. The molecule has 0 atom stereocenters. The molecule has 1 aliphatic heterocycles. The zero-order chi connectivity index (χ0) is 12.2. The molecule has 1 saturated carbocycles. The summed E-state index contributed by atoms with van der Waals surface area (Å²) in [5.74, 6) is 0.324. The molecule has 0 N–H and O–H groups in total. The molecule has 0 aromatic heterocycles. The summed E-state index contributed by atoms with van der Waals surface area (Å²) >= 11 is 0. The molecular formula is C14H15NO2.